The van der Waals surface area contributed by atoms with Gasteiger partial charge in [0.25, 0.3) is 0 Å². The van der Waals surface area contributed by atoms with Gasteiger partial charge in [-0.25, -0.2) is 4.79 Å². The number of ether oxygens (including phenoxy) is 3. The minimum atomic E-state index is -0.889. The summed E-state index contributed by atoms with van der Waals surface area (Å²) in [6, 6.07) is -0.633. The topological polar surface area (TPSA) is 99.1 Å². The van der Waals surface area contributed by atoms with Gasteiger partial charge in [-0.05, 0) is 77.0 Å². The number of carboxylic acids is 1. The number of likely N-dealkylation sites (N-methyl/N-ethyl adjacent to an activating group) is 1. The van der Waals surface area contributed by atoms with Gasteiger partial charge in [-0.1, -0.05) is 182 Å². The molecule has 358 valence electrons. The lowest BCUT2D eigenvalue weighted by Gasteiger charge is -2.31. The van der Waals surface area contributed by atoms with E-state index in [0.29, 0.717) is 19.3 Å². The van der Waals surface area contributed by atoms with Gasteiger partial charge in [-0.15, -0.1) is 0 Å². The number of allylic oxidation sites excluding steroid dienone is 16. The molecule has 8 heteroatoms. The Labute approximate surface area is 386 Å². The van der Waals surface area contributed by atoms with Crippen LogP contribution in [0.1, 0.15) is 181 Å². The van der Waals surface area contributed by atoms with Crippen molar-refractivity contribution in [1.82, 2.24) is 0 Å². The van der Waals surface area contributed by atoms with E-state index >= 15 is 0 Å². The molecule has 0 radical (unpaired) electrons. The summed E-state index contributed by atoms with van der Waals surface area (Å²) in [6.07, 6.45) is 60.5. The average Bonchev–Trinajstić information content (AvgIpc) is 3.24. The number of carbonyl (C=O) groups is 3. The van der Waals surface area contributed by atoms with Crippen LogP contribution in [0.4, 0.5) is 0 Å². The average molecular weight is 879 g/mol. The highest BCUT2D eigenvalue weighted by Gasteiger charge is 2.31. The molecule has 0 fully saturated rings. The number of nitrogens with zero attached hydrogens (tertiary/aromatic N) is 1. The molecule has 1 N–H and O–H groups in total. The molecule has 63 heavy (non-hydrogen) atoms. The molecule has 2 atom stereocenters. The van der Waals surface area contributed by atoms with Gasteiger partial charge in [0.1, 0.15) is 6.61 Å². The molecule has 8 nitrogen and oxygen atoms in total. The Kier molecular flexibility index (Phi) is 42.2. The molecular weight excluding hydrogens is 787 g/mol. The van der Waals surface area contributed by atoms with Crippen molar-refractivity contribution in [3.8, 4) is 0 Å². The van der Waals surface area contributed by atoms with Crippen molar-refractivity contribution >= 4 is 17.9 Å². The normalized spacial score (nSPS) is 13.7. The highest BCUT2D eigenvalue weighted by atomic mass is 16.6. The first-order chi connectivity index (χ1) is 30.6. The van der Waals surface area contributed by atoms with Crippen LogP contribution >= 0.6 is 0 Å². The summed E-state index contributed by atoms with van der Waals surface area (Å²) in [4.78, 5) is 37.1. The molecule has 0 bridgehead atoms. The molecule has 0 saturated carbocycles. The highest BCUT2D eigenvalue weighted by molar-refractivity contribution is 5.72. The summed E-state index contributed by atoms with van der Waals surface area (Å²) in [5, 5.41) is 9.64. The monoisotopic (exact) mass is 879 g/mol. The summed E-state index contributed by atoms with van der Waals surface area (Å²) in [7, 11) is 5.50. The molecule has 0 aliphatic rings. The summed E-state index contributed by atoms with van der Waals surface area (Å²) in [6.45, 7) is 4.43. The largest absolute Gasteiger partial charge is 0.477 e. The fraction of sp³-hybridized carbons (Fsp3) is 0.655. The van der Waals surface area contributed by atoms with Crippen LogP contribution < -0.4 is 0 Å². The number of rotatable bonds is 43. The van der Waals surface area contributed by atoms with Gasteiger partial charge in [0.2, 0.25) is 0 Å². The number of aliphatic carboxylic acids is 1. The van der Waals surface area contributed by atoms with E-state index in [4.69, 9.17) is 14.2 Å². The zero-order valence-electron chi connectivity index (χ0n) is 40.7. The standard InChI is InChI=1S/C55H91NO7/c1-6-8-10-12-14-16-18-20-22-24-25-26-27-28-29-30-32-33-35-37-39-41-43-45-53(57)62-50-51(49-61-48-47-52(55(59)60)56(3,4)5)63-54(58)46-44-42-40-38-36-34-31-23-21-19-17-15-13-11-9-7-2/h8-11,14-17,20-23,34,36,40,42,51-52H,6-7,12-13,18-19,24-33,35,37-39,41,43-50H2,1-5H3/p+1/b10-8+,11-9+,16-14+,17-15+,22-20+,23-21+,36-34+,42-40+. The minimum absolute atomic E-state index is 0.0262. The van der Waals surface area contributed by atoms with Gasteiger partial charge in [0.05, 0.1) is 34.4 Å². The number of esters is 2. The molecule has 0 aliphatic carbocycles. The molecule has 0 spiro atoms. The summed E-state index contributed by atoms with van der Waals surface area (Å²) in [5.41, 5.74) is 0. The van der Waals surface area contributed by atoms with E-state index in [1.165, 1.54) is 70.6 Å². The second kappa shape index (κ2) is 44.8. The van der Waals surface area contributed by atoms with Crippen LogP contribution in [0.2, 0.25) is 0 Å². The SMILES string of the molecule is CC/C=C/C/C=C/C/C=C/C/C=C/C/C=C/CCC(=O)OC(COCCC(C(=O)O)[N+](C)(C)C)COC(=O)CCCCCCCCCCCCCCC/C=C/C/C=C/C/C=C/CC. The first-order valence-electron chi connectivity index (χ1n) is 24.8. The molecule has 0 aromatic heterocycles. The van der Waals surface area contributed by atoms with Gasteiger partial charge in [-0.2, -0.15) is 0 Å². The Bertz CT molecular complexity index is 1350. The first kappa shape index (κ1) is 59.2. The lowest BCUT2D eigenvalue weighted by atomic mass is 10.0. The maximum absolute atomic E-state index is 12.7. The van der Waals surface area contributed by atoms with Crippen LogP contribution in [-0.4, -0.2) is 80.6 Å². The van der Waals surface area contributed by atoms with Crippen molar-refractivity contribution in [1.29, 1.82) is 0 Å². The first-order valence-corrected chi connectivity index (χ1v) is 24.8. The lowest BCUT2D eigenvalue weighted by molar-refractivity contribution is -0.887. The van der Waals surface area contributed by atoms with Gasteiger partial charge < -0.3 is 23.8 Å². The van der Waals surface area contributed by atoms with E-state index in [-0.39, 0.29) is 42.7 Å². The van der Waals surface area contributed by atoms with Gasteiger partial charge in [-0.3, -0.25) is 9.59 Å². The maximum Gasteiger partial charge on any atom is 0.362 e. The minimum Gasteiger partial charge on any atom is -0.477 e. The Hall–Kier alpha value is -3.75. The zero-order valence-corrected chi connectivity index (χ0v) is 40.7. The highest BCUT2D eigenvalue weighted by Crippen LogP contribution is 2.15. The molecule has 0 aromatic carbocycles. The Balaban J connectivity index is 4.31. The zero-order chi connectivity index (χ0) is 46.3. The quantitative estimate of drug-likeness (QED) is 0.0282. The van der Waals surface area contributed by atoms with E-state index in [9.17, 15) is 19.5 Å². The van der Waals surface area contributed by atoms with E-state index in [2.05, 4.69) is 98.9 Å². The molecule has 2 unspecified atom stereocenters. The number of carbonyl (C=O) groups excluding carboxylic acids is 2. The van der Waals surface area contributed by atoms with E-state index in [1.807, 2.05) is 33.3 Å². The molecule has 0 aliphatic heterocycles. The van der Waals surface area contributed by atoms with Crippen molar-refractivity contribution in [2.24, 2.45) is 0 Å². The number of unbranched alkanes of at least 4 members (excludes halogenated alkanes) is 13. The second-order valence-corrected chi connectivity index (χ2v) is 17.3. The molecule has 0 aromatic rings. The number of hydrogen-bond acceptors (Lipinski definition) is 6. The third-order valence-corrected chi connectivity index (χ3v) is 10.5. The van der Waals surface area contributed by atoms with Crippen molar-refractivity contribution in [2.45, 2.75) is 193 Å². The Morgan fingerprint density at radius 3 is 1.30 bits per heavy atom. The predicted octanol–water partition coefficient (Wildman–Crippen LogP) is 14.2. The predicted molar refractivity (Wildman–Crippen MR) is 266 cm³/mol. The van der Waals surface area contributed by atoms with E-state index < -0.39 is 18.1 Å². The maximum atomic E-state index is 12.7. The lowest BCUT2D eigenvalue weighted by Crippen LogP contribution is -2.50. The van der Waals surface area contributed by atoms with Crippen molar-refractivity contribution in [2.75, 3.05) is 41.0 Å². The number of carboxylic acid groups (broad SMARTS) is 1. The molecule has 0 heterocycles. The fourth-order valence-corrected chi connectivity index (χ4v) is 6.74. The number of hydrogen-bond donors (Lipinski definition) is 1. The van der Waals surface area contributed by atoms with E-state index in [0.717, 1.165) is 70.6 Å². The number of quaternary nitrogens is 1. The molecular formula is C55H92NO7+. The van der Waals surface area contributed by atoms with E-state index in [1.54, 1.807) is 0 Å². The Morgan fingerprint density at radius 1 is 0.476 bits per heavy atom. The van der Waals surface area contributed by atoms with Crippen LogP contribution in [0, 0.1) is 0 Å². The fourth-order valence-electron chi connectivity index (χ4n) is 6.74. The summed E-state index contributed by atoms with van der Waals surface area (Å²) in [5.74, 6) is -1.58. The van der Waals surface area contributed by atoms with Crippen LogP contribution in [-0.2, 0) is 28.6 Å². The molecule has 0 amide bonds. The van der Waals surface area contributed by atoms with Crippen LogP contribution in [0.5, 0.6) is 0 Å². The van der Waals surface area contributed by atoms with Crippen molar-refractivity contribution in [3.63, 3.8) is 0 Å². The summed E-state index contributed by atoms with van der Waals surface area (Å²) >= 11 is 0. The van der Waals surface area contributed by atoms with Gasteiger partial charge in [0, 0.05) is 19.3 Å². The van der Waals surface area contributed by atoms with Crippen LogP contribution in [0.3, 0.4) is 0 Å². The third-order valence-electron chi connectivity index (χ3n) is 10.5. The van der Waals surface area contributed by atoms with Gasteiger partial charge in [0.15, 0.2) is 12.1 Å². The third kappa shape index (κ3) is 43.3. The van der Waals surface area contributed by atoms with Crippen LogP contribution in [0.15, 0.2) is 97.2 Å². The van der Waals surface area contributed by atoms with Crippen LogP contribution in [0.25, 0.3) is 0 Å². The smallest absolute Gasteiger partial charge is 0.362 e. The van der Waals surface area contributed by atoms with Gasteiger partial charge >= 0.3 is 17.9 Å². The molecule has 0 saturated heterocycles. The molecule has 0 rings (SSSR count). The van der Waals surface area contributed by atoms with Crippen molar-refractivity contribution < 1.29 is 38.2 Å². The Morgan fingerprint density at radius 2 is 0.873 bits per heavy atom. The second-order valence-electron chi connectivity index (χ2n) is 17.3. The van der Waals surface area contributed by atoms with Crippen molar-refractivity contribution in [3.05, 3.63) is 97.2 Å². The summed E-state index contributed by atoms with van der Waals surface area (Å²) < 4.78 is 17.2.